The van der Waals surface area contributed by atoms with Crippen molar-refractivity contribution in [1.82, 2.24) is 9.78 Å². The maximum absolute atomic E-state index is 11.9. The molecule has 0 N–H and O–H groups in total. The van der Waals surface area contributed by atoms with Gasteiger partial charge in [0.1, 0.15) is 5.78 Å². The van der Waals surface area contributed by atoms with Crippen molar-refractivity contribution in [2.45, 2.75) is 45.6 Å². The van der Waals surface area contributed by atoms with Gasteiger partial charge in [0.15, 0.2) is 0 Å². The Balaban J connectivity index is 1.92. The second-order valence-electron chi connectivity index (χ2n) is 4.33. The van der Waals surface area contributed by atoms with Crippen molar-refractivity contribution >= 4 is 5.78 Å². The summed E-state index contributed by atoms with van der Waals surface area (Å²) in [4.78, 5) is 11.9. The highest BCUT2D eigenvalue weighted by Crippen LogP contribution is 2.26. The lowest BCUT2D eigenvalue weighted by Gasteiger charge is -2.05. The fourth-order valence-corrected chi connectivity index (χ4v) is 2.26. The molecular weight excluding hydrogens is 188 g/mol. The summed E-state index contributed by atoms with van der Waals surface area (Å²) in [5, 5.41) is 4.18. The van der Waals surface area contributed by atoms with Crippen LogP contribution < -0.4 is 0 Å². The molecular formula is C12H18N2O. The third kappa shape index (κ3) is 2.46. The van der Waals surface area contributed by atoms with Crippen molar-refractivity contribution in [1.29, 1.82) is 0 Å². The Labute approximate surface area is 90.5 Å². The second kappa shape index (κ2) is 4.60. The quantitative estimate of drug-likeness (QED) is 0.757. The van der Waals surface area contributed by atoms with E-state index in [9.17, 15) is 4.79 Å². The Morgan fingerprint density at radius 2 is 2.27 bits per heavy atom. The van der Waals surface area contributed by atoms with Crippen LogP contribution in [0.25, 0.3) is 0 Å². The number of ketones is 1. The number of carbonyl (C=O) groups excluding carboxylic acids is 1. The molecule has 0 amide bonds. The topological polar surface area (TPSA) is 34.9 Å². The van der Waals surface area contributed by atoms with Crippen LogP contribution in [0.3, 0.4) is 0 Å². The number of hydrogen-bond donors (Lipinski definition) is 0. The lowest BCUT2D eigenvalue weighted by molar-refractivity contribution is -0.122. The fraction of sp³-hybridized carbons (Fsp3) is 0.667. The molecule has 0 unspecified atom stereocenters. The van der Waals surface area contributed by atoms with Gasteiger partial charge in [0, 0.05) is 25.1 Å². The van der Waals surface area contributed by atoms with Crippen molar-refractivity contribution in [2.75, 3.05) is 0 Å². The molecule has 1 aromatic rings. The van der Waals surface area contributed by atoms with Gasteiger partial charge in [-0.2, -0.15) is 5.10 Å². The second-order valence-corrected chi connectivity index (χ2v) is 4.33. The number of aromatic nitrogens is 2. The molecule has 1 aliphatic rings. The number of aryl methyl sites for hydroxylation is 1. The van der Waals surface area contributed by atoms with Gasteiger partial charge in [-0.3, -0.25) is 9.48 Å². The summed E-state index contributed by atoms with van der Waals surface area (Å²) < 4.78 is 1.87. The smallest absolute Gasteiger partial charge is 0.140 e. The first-order valence-electron chi connectivity index (χ1n) is 5.83. The highest BCUT2D eigenvalue weighted by molar-refractivity contribution is 5.83. The maximum atomic E-state index is 11.9. The van der Waals surface area contributed by atoms with Crippen LogP contribution >= 0.6 is 0 Å². The van der Waals surface area contributed by atoms with E-state index >= 15 is 0 Å². The molecule has 1 aromatic heterocycles. The van der Waals surface area contributed by atoms with Crippen LogP contribution in [-0.2, 0) is 17.8 Å². The van der Waals surface area contributed by atoms with Crippen LogP contribution in [0.2, 0.25) is 0 Å². The summed E-state index contributed by atoms with van der Waals surface area (Å²) in [5.74, 6) is 0.734. The summed E-state index contributed by atoms with van der Waals surface area (Å²) in [6.07, 6.45) is 9.02. The maximum Gasteiger partial charge on any atom is 0.140 e. The standard InChI is InChI=1S/C12H18N2O/c1-2-14-9-10(8-13-14)7-12(15)11-5-3-4-6-11/h8-9,11H,2-7H2,1H3. The summed E-state index contributed by atoms with van der Waals surface area (Å²) in [7, 11) is 0. The van der Waals surface area contributed by atoms with E-state index in [1.807, 2.05) is 17.1 Å². The van der Waals surface area contributed by atoms with E-state index in [4.69, 9.17) is 0 Å². The first-order valence-corrected chi connectivity index (χ1v) is 5.83. The Bertz CT molecular complexity index is 337. The van der Waals surface area contributed by atoms with Gasteiger partial charge in [-0.15, -0.1) is 0 Å². The Hall–Kier alpha value is -1.12. The van der Waals surface area contributed by atoms with Crippen LogP contribution in [0, 0.1) is 5.92 Å². The molecule has 3 heteroatoms. The lowest BCUT2D eigenvalue weighted by Crippen LogP contribution is -2.13. The Morgan fingerprint density at radius 3 is 2.87 bits per heavy atom. The number of nitrogens with zero attached hydrogens (tertiary/aromatic N) is 2. The van der Waals surface area contributed by atoms with Crippen LogP contribution in [-0.4, -0.2) is 15.6 Å². The van der Waals surface area contributed by atoms with E-state index < -0.39 is 0 Å². The van der Waals surface area contributed by atoms with E-state index in [0.29, 0.717) is 18.1 Å². The number of carbonyl (C=O) groups is 1. The average Bonchev–Trinajstić information content (AvgIpc) is 2.87. The predicted octanol–water partition coefficient (Wildman–Crippen LogP) is 2.20. The molecule has 0 saturated heterocycles. The Kier molecular flexibility index (Phi) is 3.19. The minimum absolute atomic E-state index is 0.329. The third-order valence-corrected chi connectivity index (χ3v) is 3.20. The number of hydrogen-bond acceptors (Lipinski definition) is 2. The zero-order valence-electron chi connectivity index (χ0n) is 9.28. The van der Waals surface area contributed by atoms with Crippen molar-refractivity contribution < 1.29 is 4.79 Å². The normalized spacial score (nSPS) is 17.1. The van der Waals surface area contributed by atoms with Crippen molar-refractivity contribution in [3.63, 3.8) is 0 Å². The van der Waals surface area contributed by atoms with E-state index in [-0.39, 0.29) is 0 Å². The summed E-state index contributed by atoms with van der Waals surface area (Å²) in [6.45, 7) is 2.92. The molecule has 0 radical (unpaired) electrons. The van der Waals surface area contributed by atoms with Crippen molar-refractivity contribution in [3.8, 4) is 0 Å². The highest BCUT2D eigenvalue weighted by atomic mass is 16.1. The minimum Gasteiger partial charge on any atom is -0.299 e. The van der Waals surface area contributed by atoms with Crippen molar-refractivity contribution in [3.05, 3.63) is 18.0 Å². The lowest BCUT2D eigenvalue weighted by atomic mass is 9.98. The molecule has 2 rings (SSSR count). The largest absolute Gasteiger partial charge is 0.299 e. The van der Waals surface area contributed by atoms with Crippen LogP contribution in [0.1, 0.15) is 38.2 Å². The Morgan fingerprint density at radius 1 is 1.53 bits per heavy atom. The first kappa shape index (κ1) is 10.4. The first-order chi connectivity index (χ1) is 7.29. The SMILES string of the molecule is CCn1cc(CC(=O)C2CCCC2)cn1. The fourth-order valence-electron chi connectivity index (χ4n) is 2.26. The zero-order valence-corrected chi connectivity index (χ0v) is 9.28. The van der Waals surface area contributed by atoms with Gasteiger partial charge in [-0.1, -0.05) is 12.8 Å². The molecule has 0 bridgehead atoms. The van der Waals surface area contributed by atoms with E-state index in [2.05, 4.69) is 12.0 Å². The molecule has 82 valence electrons. The van der Waals surface area contributed by atoms with Gasteiger partial charge in [-0.05, 0) is 25.3 Å². The monoisotopic (exact) mass is 206 g/mol. The van der Waals surface area contributed by atoms with Crippen LogP contribution in [0.5, 0.6) is 0 Å². The summed E-state index contributed by atoms with van der Waals surface area (Å²) in [5.41, 5.74) is 1.06. The zero-order chi connectivity index (χ0) is 10.7. The molecule has 1 heterocycles. The van der Waals surface area contributed by atoms with Gasteiger partial charge in [-0.25, -0.2) is 0 Å². The average molecular weight is 206 g/mol. The minimum atomic E-state index is 0.329. The van der Waals surface area contributed by atoms with E-state index in [0.717, 1.165) is 24.9 Å². The summed E-state index contributed by atoms with van der Waals surface area (Å²) in [6, 6.07) is 0. The molecule has 1 fully saturated rings. The van der Waals surface area contributed by atoms with Gasteiger partial charge < -0.3 is 0 Å². The molecule has 0 aliphatic heterocycles. The molecule has 1 saturated carbocycles. The number of rotatable bonds is 4. The summed E-state index contributed by atoms with van der Waals surface area (Å²) >= 11 is 0. The van der Waals surface area contributed by atoms with E-state index in [1.54, 1.807) is 0 Å². The molecule has 0 aromatic carbocycles. The van der Waals surface area contributed by atoms with E-state index in [1.165, 1.54) is 12.8 Å². The molecule has 1 aliphatic carbocycles. The number of Topliss-reactive ketones (excluding diaryl/α,β-unsaturated/α-hetero) is 1. The van der Waals surface area contributed by atoms with Crippen molar-refractivity contribution in [2.24, 2.45) is 5.92 Å². The van der Waals surface area contributed by atoms with Gasteiger partial charge >= 0.3 is 0 Å². The molecule has 3 nitrogen and oxygen atoms in total. The molecule has 0 spiro atoms. The van der Waals surface area contributed by atoms with Gasteiger partial charge in [0.05, 0.1) is 6.20 Å². The van der Waals surface area contributed by atoms with Gasteiger partial charge in [0.2, 0.25) is 0 Å². The predicted molar refractivity (Wildman–Crippen MR) is 58.6 cm³/mol. The third-order valence-electron chi connectivity index (χ3n) is 3.20. The molecule has 0 atom stereocenters. The highest BCUT2D eigenvalue weighted by Gasteiger charge is 2.22. The van der Waals surface area contributed by atoms with Crippen LogP contribution in [0.15, 0.2) is 12.4 Å². The van der Waals surface area contributed by atoms with Crippen LogP contribution in [0.4, 0.5) is 0 Å². The van der Waals surface area contributed by atoms with Gasteiger partial charge in [0.25, 0.3) is 0 Å². The molecule has 15 heavy (non-hydrogen) atoms.